The summed E-state index contributed by atoms with van der Waals surface area (Å²) < 4.78 is 10.5. The Morgan fingerprint density at radius 2 is 1.85 bits per heavy atom. The minimum Gasteiger partial charge on any atom is -0.467 e. The normalized spacial score (nSPS) is 19.1. The largest absolute Gasteiger partial charge is 0.467 e. The van der Waals surface area contributed by atoms with Crippen LogP contribution in [-0.4, -0.2) is 42.3 Å². The third-order valence-electron chi connectivity index (χ3n) is 4.27. The maximum atomic E-state index is 12.9. The number of carbonyl (C=O) groups excluding carboxylic acids is 2. The van der Waals surface area contributed by atoms with Gasteiger partial charge in [-0.15, -0.1) is 11.8 Å². The van der Waals surface area contributed by atoms with E-state index in [2.05, 4.69) is 0 Å². The molecule has 1 aliphatic heterocycles. The maximum absolute atomic E-state index is 12.9. The number of rotatable bonds is 6. The van der Waals surface area contributed by atoms with E-state index in [1.54, 1.807) is 6.07 Å². The number of halogens is 1. The van der Waals surface area contributed by atoms with Crippen LogP contribution in [-0.2, 0) is 25.7 Å². The number of esters is 1. The van der Waals surface area contributed by atoms with Gasteiger partial charge in [-0.1, -0.05) is 60.1 Å². The molecule has 1 amide bonds. The third kappa shape index (κ3) is 4.64. The minimum absolute atomic E-state index is 0.121. The molecule has 0 aliphatic carbocycles. The van der Waals surface area contributed by atoms with Crippen molar-refractivity contribution in [2.75, 3.05) is 19.5 Å². The molecule has 0 spiro atoms. The highest BCUT2D eigenvalue weighted by atomic mass is 35.5. The summed E-state index contributed by atoms with van der Waals surface area (Å²) in [7, 11) is 1.32. The number of carbonyl (C=O) groups is 2. The Morgan fingerprint density at radius 1 is 1.15 bits per heavy atom. The smallest absolute Gasteiger partial charge is 0.329 e. The summed E-state index contributed by atoms with van der Waals surface area (Å²) in [6, 6.07) is 16.3. The number of hydrogen-bond donors (Lipinski definition) is 0. The van der Waals surface area contributed by atoms with Crippen molar-refractivity contribution in [2.24, 2.45) is 0 Å². The third-order valence-corrected chi connectivity index (χ3v) is 5.92. The summed E-state index contributed by atoms with van der Waals surface area (Å²) in [4.78, 5) is 26.6. The molecule has 0 saturated carbocycles. The van der Waals surface area contributed by atoms with Crippen LogP contribution in [0, 0.1) is 0 Å². The summed E-state index contributed by atoms with van der Waals surface area (Å²) in [6.07, 6.45) is 0. The lowest BCUT2D eigenvalue weighted by molar-refractivity contribution is -0.153. The summed E-state index contributed by atoms with van der Waals surface area (Å²) in [5.74, 6) is -0.253. The molecular weight excluding hydrogens is 386 g/mol. The fourth-order valence-corrected chi connectivity index (χ4v) is 4.72. The number of hydrogen-bond acceptors (Lipinski definition) is 5. The van der Waals surface area contributed by atoms with Gasteiger partial charge in [0, 0.05) is 16.3 Å². The van der Waals surface area contributed by atoms with Crippen LogP contribution in [0.25, 0.3) is 0 Å². The van der Waals surface area contributed by atoms with E-state index in [0.29, 0.717) is 17.4 Å². The van der Waals surface area contributed by atoms with Gasteiger partial charge in [0.15, 0.2) is 0 Å². The average molecular weight is 406 g/mol. The highest BCUT2D eigenvalue weighted by molar-refractivity contribution is 7.99. The SMILES string of the molecule is COC(=O)C1CSC(c2ccccc2Cl)N1C(=O)COCc1ccccc1. The molecule has 3 rings (SSSR count). The van der Waals surface area contributed by atoms with Crippen molar-refractivity contribution >= 4 is 35.2 Å². The van der Waals surface area contributed by atoms with Gasteiger partial charge in [0.25, 0.3) is 5.91 Å². The molecular formula is C20H20ClNO4S. The summed E-state index contributed by atoms with van der Waals surface area (Å²) in [5, 5.41) is 0.208. The summed E-state index contributed by atoms with van der Waals surface area (Å²) >= 11 is 7.81. The molecule has 0 aromatic heterocycles. The molecule has 0 radical (unpaired) electrons. The van der Waals surface area contributed by atoms with Crippen LogP contribution in [0.1, 0.15) is 16.5 Å². The lowest BCUT2D eigenvalue weighted by atomic mass is 10.1. The van der Waals surface area contributed by atoms with Crippen LogP contribution >= 0.6 is 23.4 Å². The summed E-state index contributed by atoms with van der Waals surface area (Å²) in [5.41, 5.74) is 1.78. The molecule has 2 aromatic rings. The zero-order chi connectivity index (χ0) is 19.2. The molecule has 0 N–H and O–H groups in total. The number of benzene rings is 2. The van der Waals surface area contributed by atoms with Gasteiger partial charge in [0.1, 0.15) is 18.0 Å². The van der Waals surface area contributed by atoms with E-state index < -0.39 is 12.0 Å². The quantitative estimate of drug-likeness (QED) is 0.686. The van der Waals surface area contributed by atoms with Gasteiger partial charge in [-0.3, -0.25) is 4.79 Å². The van der Waals surface area contributed by atoms with Gasteiger partial charge in [-0.25, -0.2) is 4.79 Å². The molecule has 142 valence electrons. The Bertz CT molecular complexity index is 802. The van der Waals surface area contributed by atoms with Crippen LogP contribution in [0.2, 0.25) is 5.02 Å². The summed E-state index contributed by atoms with van der Waals surface area (Å²) in [6.45, 7) is 0.205. The number of ether oxygens (including phenoxy) is 2. The van der Waals surface area contributed by atoms with Gasteiger partial charge >= 0.3 is 5.97 Å². The van der Waals surface area contributed by atoms with E-state index in [1.165, 1.54) is 23.8 Å². The second-order valence-electron chi connectivity index (χ2n) is 6.03. The van der Waals surface area contributed by atoms with Crippen LogP contribution < -0.4 is 0 Å². The van der Waals surface area contributed by atoms with E-state index in [-0.39, 0.29) is 17.9 Å². The van der Waals surface area contributed by atoms with Crippen molar-refractivity contribution in [2.45, 2.75) is 18.0 Å². The fraction of sp³-hybridized carbons (Fsp3) is 0.300. The van der Waals surface area contributed by atoms with Crippen molar-refractivity contribution < 1.29 is 19.1 Å². The predicted molar refractivity (Wildman–Crippen MR) is 105 cm³/mol. The van der Waals surface area contributed by atoms with E-state index >= 15 is 0 Å². The topological polar surface area (TPSA) is 55.8 Å². The van der Waals surface area contributed by atoms with Crippen LogP contribution in [0.4, 0.5) is 0 Å². The molecule has 2 atom stereocenters. The molecule has 0 bridgehead atoms. The molecule has 27 heavy (non-hydrogen) atoms. The Hall–Kier alpha value is -2.02. The Kier molecular flexibility index (Phi) is 6.77. The molecule has 1 heterocycles. The van der Waals surface area contributed by atoms with Gasteiger partial charge in [0.05, 0.1) is 13.7 Å². The first-order valence-corrected chi connectivity index (χ1v) is 9.91. The first-order chi connectivity index (χ1) is 13.1. The second-order valence-corrected chi connectivity index (χ2v) is 7.55. The first-order valence-electron chi connectivity index (χ1n) is 8.48. The highest BCUT2D eigenvalue weighted by Crippen LogP contribution is 2.44. The molecule has 1 aliphatic rings. The first kappa shape index (κ1) is 19.7. The Labute approximate surface area is 167 Å². The lowest BCUT2D eigenvalue weighted by Crippen LogP contribution is -2.45. The van der Waals surface area contributed by atoms with Gasteiger partial charge in [-0.05, 0) is 11.6 Å². The maximum Gasteiger partial charge on any atom is 0.329 e. The van der Waals surface area contributed by atoms with Crippen LogP contribution in [0.15, 0.2) is 54.6 Å². The van der Waals surface area contributed by atoms with E-state index in [4.69, 9.17) is 21.1 Å². The molecule has 2 aromatic carbocycles. The van der Waals surface area contributed by atoms with Crippen LogP contribution in [0.5, 0.6) is 0 Å². The van der Waals surface area contributed by atoms with Crippen molar-refractivity contribution in [1.29, 1.82) is 0 Å². The van der Waals surface area contributed by atoms with Crippen molar-refractivity contribution in [1.82, 2.24) is 4.90 Å². The van der Waals surface area contributed by atoms with E-state index in [0.717, 1.165) is 11.1 Å². The molecule has 2 unspecified atom stereocenters. The number of thioether (sulfide) groups is 1. The predicted octanol–water partition coefficient (Wildman–Crippen LogP) is 3.67. The highest BCUT2D eigenvalue weighted by Gasteiger charge is 2.43. The number of amides is 1. The molecule has 1 fully saturated rings. The minimum atomic E-state index is -0.658. The monoisotopic (exact) mass is 405 g/mol. The Balaban J connectivity index is 1.74. The Morgan fingerprint density at radius 3 is 2.56 bits per heavy atom. The zero-order valence-electron chi connectivity index (χ0n) is 14.8. The number of methoxy groups -OCH3 is 1. The fourth-order valence-electron chi connectivity index (χ4n) is 2.95. The average Bonchev–Trinajstić information content (AvgIpc) is 3.13. The standard InChI is InChI=1S/C20H20ClNO4S/c1-25-20(24)17-13-27-19(15-9-5-6-10-16(15)21)22(17)18(23)12-26-11-14-7-3-2-4-8-14/h2-10,17,19H,11-13H2,1H3. The van der Waals surface area contributed by atoms with Gasteiger partial charge in [0.2, 0.25) is 0 Å². The second kappa shape index (κ2) is 9.26. The lowest BCUT2D eigenvalue weighted by Gasteiger charge is -2.28. The molecule has 5 nitrogen and oxygen atoms in total. The zero-order valence-corrected chi connectivity index (χ0v) is 16.4. The number of nitrogens with zero attached hydrogens (tertiary/aromatic N) is 1. The van der Waals surface area contributed by atoms with Gasteiger partial charge in [-0.2, -0.15) is 0 Å². The van der Waals surface area contributed by atoms with Crippen molar-refractivity contribution in [3.05, 3.63) is 70.7 Å². The molecule has 1 saturated heterocycles. The van der Waals surface area contributed by atoms with Crippen LogP contribution in [0.3, 0.4) is 0 Å². The van der Waals surface area contributed by atoms with Gasteiger partial charge < -0.3 is 14.4 Å². The van der Waals surface area contributed by atoms with E-state index in [1.807, 2.05) is 48.5 Å². The van der Waals surface area contributed by atoms with Crippen molar-refractivity contribution in [3.8, 4) is 0 Å². The van der Waals surface area contributed by atoms with Crippen molar-refractivity contribution in [3.63, 3.8) is 0 Å². The van der Waals surface area contributed by atoms with E-state index in [9.17, 15) is 9.59 Å². The molecule has 7 heteroatoms.